The lowest BCUT2D eigenvalue weighted by molar-refractivity contribution is -0.0150. The number of nitrogens with zero attached hydrogens (tertiary/aromatic N) is 2. The van der Waals surface area contributed by atoms with E-state index in [1.54, 1.807) is 22.7 Å². The van der Waals surface area contributed by atoms with E-state index in [-0.39, 0.29) is 5.60 Å². The highest BCUT2D eigenvalue weighted by atomic mass is 32.2. The van der Waals surface area contributed by atoms with Crippen LogP contribution in [0.15, 0.2) is 17.1 Å². The topological polar surface area (TPSA) is 35.0 Å². The van der Waals surface area contributed by atoms with Crippen LogP contribution < -0.4 is 0 Å². The van der Waals surface area contributed by atoms with Gasteiger partial charge in [-0.3, -0.25) is 4.98 Å². The van der Waals surface area contributed by atoms with Gasteiger partial charge in [-0.15, -0.1) is 34.4 Å². The minimum absolute atomic E-state index is 0.104. The van der Waals surface area contributed by atoms with Crippen molar-refractivity contribution in [2.45, 2.75) is 44.5 Å². The number of rotatable bonds is 6. The third-order valence-electron chi connectivity index (χ3n) is 2.21. The molecule has 0 unspecified atom stereocenters. The second kappa shape index (κ2) is 6.83. The van der Waals surface area contributed by atoms with Gasteiger partial charge in [0.25, 0.3) is 0 Å². The summed E-state index contributed by atoms with van der Waals surface area (Å²) >= 11 is 5.26. The van der Waals surface area contributed by atoms with Crippen molar-refractivity contribution >= 4 is 34.4 Å². The summed E-state index contributed by atoms with van der Waals surface area (Å²) < 4.78 is 5.73. The standard InChI is InChI=1S/C13H18N2OS3/c1-13(2,3)16-5-12-15-10(7-18-12)6-17-8-11-4-14-9-19-11/h4,7,9H,5-6,8H2,1-3H3. The Morgan fingerprint density at radius 3 is 2.79 bits per heavy atom. The van der Waals surface area contributed by atoms with Gasteiger partial charge >= 0.3 is 0 Å². The molecular weight excluding hydrogens is 296 g/mol. The Morgan fingerprint density at radius 1 is 1.26 bits per heavy atom. The molecule has 0 aliphatic rings. The molecule has 0 atom stereocenters. The van der Waals surface area contributed by atoms with E-state index in [0.29, 0.717) is 6.61 Å². The fraction of sp³-hybridized carbons (Fsp3) is 0.538. The van der Waals surface area contributed by atoms with E-state index in [2.05, 4.69) is 36.1 Å². The van der Waals surface area contributed by atoms with Gasteiger partial charge in [-0.25, -0.2) is 4.98 Å². The smallest absolute Gasteiger partial charge is 0.119 e. The number of ether oxygens (including phenoxy) is 1. The van der Waals surface area contributed by atoms with Crippen LogP contribution in [0.25, 0.3) is 0 Å². The van der Waals surface area contributed by atoms with Gasteiger partial charge in [0, 0.05) is 28.0 Å². The Balaban J connectivity index is 1.74. The van der Waals surface area contributed by atoms with Crippen LogP contribution in [0.4, 0.5) is 0 Å². The number of aromatic nitrogens is 2. The van der Waals surface area contributed by atoms with Crippen molar-refractivity contribution in [3.05, 3.63) is 32.7 Å². The number of thioether (sulfide) groups is 1. The quantitative estimate of drug-likeness (QED) is 0.794. The highest BCUT2D eigenvalue weighted by molar-refractivity contribution is 7.97. The van der Waals surface area contributed by atoms with Crippen LogP contribution in [-0.2, 0) is 22.8 Å². The molecule has 2 rings (SSSR count). The molecule has 104 valence electrons. The normalized spacial score (nSPS) is 11.9. The molecule has 2 heterocycles. The van der Waals surface area contributed by atoms with Crippen molar-refractivity contribution < 1.29 is 4.74 Å². The second-order valence-corrected chi connectivity index (χ2v) is 7.99. The average molecular weight is 315 g/mol. The van der Waals surface area contributed by atoms with E-state index in [9.17, 15) is 0 Å². The fourth-order valence-corrected chi connectivity index (χ4v) is 3.78. The zero-order valence-corrected chi connectivity index (χ0v) is 13.8. The van der Waals surface area contributed by atoms with Crippen molar-refractivity contribution in [1.29, 1.82) is 0 Å². The maximum Gasteiger partial charge on any atom is 0.119 e. The van der Waals surface area contributed by atoms with Crippen molar-refractivity contribution in [2.75, 3.05) is 0 Å². The molecule has 0 spiro atoms. The van der Waals surface area contributed by atoms with Gasteiger partial charge in [-0.1, -0.05) is 0 Å². The first-order valence-corrected chi connectivity index (χ1v) is 8.97. The molecule has 0 N–H and O–H groups in total. The minimum Gasteiger partial charge on any atom is -0.369 e. The molecule has 0 aliphatic carbocycles. The molecule has 0 aromatic carbocycles. The van der Waals surface area contributed by atoms with E-state index in [4.69, 9.17) is 4.74 Å². The Bertz CT molecular complexity index is 488. The first kappa shape index (κ1) is 15.0. The van der Waals surface area contributed by atoms with Crippen LogP contribution in [0.5, 0.6) is 0 Å². The van der Waals surface area contributed by atoms with Crippen LogP contribution in [0, 0.1) is 0 Å². The predicted octanol–water partition coefficient (Wildman–Crippen LogP) is 4.35. The first-order valence-electron chi connectivity index (χ1n) is 6.05. The second-order valence-electron chi connectivity index (χ2n) is 5.09. The van der Waals surface area contributed by atoms with Gasteiger partial charge in [0.2, 0.25) is 0 Å². The summed E-state index contributed by atoms with van der Waals surface area (Å²) in [4.78, 5) is 9.98. The molecular formula is C13H18N2OS3. The first-order chi connectivity index (χ1) is 9.03. The Hall–Kier alpha value is -0.430. The highest BCUT2D eigenvalue weighted by Crippen LogP contribution is 2.22. The molecule has 0 saturated heterocycles. The third kappa shape index (κ3) is 5.60. The monoisotopic (exact) mass is 314 g/mol. The van der Waals surface area contributed by atoms with Gasteiger partial charge in [-0.05, 0) is 20.8 Å². The van der Waals surface area contributed by atoms with Gasteiger partial charge < -0.3 is 4.74 Å². The maximum atomic E-state index is 5.73. The lowest BCUT2D eigenvalue weighted by Gasteiger charge is -2.18. The van der Waals surface area contributed by atoms with E-state index in [1.165, 1.54) is 4.88 Å². The highest BCUT2D eigenvalue weighted by Gasteiger charge is 2.11. The molecule has 0 radical (unpaired) electrons. The summed E-state index contributed by atoms with van der Waals surface area (Å²) in [5, 5.41) is 3.18. The molecule has 2 aromatic rings. The van der Waals surface area contributed by atoms with Crippen LogP contribution in [-0.4, -0.2) is 15.6 Å². The molecule has 19 heavy (non-hydrogen) atoms. The molecule has 0 fully saturated rings. The Labute approximate surface area is 126 Å². The molecule has 0 amide bonds. The third-order valence-corrected chi connectivity index (χ3v) is 5.05. The molecule has 0 bridgehead atoms. The van der Waals surface area contributed by atoms with Gasteiger partial charge in [0.05, 0.1) is 23.4 Å². The molecule has 2 aromatic heterocycles. The average Bonchev–Trinajstić information content (AvgIpc) is 2.97. The Kier molecular flexibility index (Phi) is 5.38. The molecule has 6 heteroatoms. The van der Waals surface area contributed by atoms with E-state index >= 15 is 0 Å². The Morgan fingerprint density at radius 2 is 2.11 bits per heavy atom. The number of hydrogen-bond donors (Lipinski definition) is 0. The van der Waals surface area contributed by atoms with Crippen molar-refractivity contribution in [3.8, 4) is 0 Å². The molecule has 0 aliphatic heterocycles. The van der Waals surface area contributed by atoms with Gasteiger partial charge in [0.15, 0.2) is 0 Å². The SMILES string of the molecule is CC(C)(C)OCc1nc(CSCc2cncs2)cs1. The fourth-order valence-electron chi connectivity index (χ4n) is 1.33. The maximum absolute atomic E-state index is 5.73. The summed E-state index contributed by atoms with van der Waals surface area (Å²) in [5.41, 5.74) is 2.92. The summed E-state index contributed by atoms with van der Waals surface area (Å²) in [5.74, 6) is 1.96. The van der Waals surface area contributed by atoms with Crippen LogP contribution in [0.2, 0.25) is 0 Å². The summed E-state index contributed by atoms with van der Waals surface area (Å²) in [6.45, 7) is 6.79. The van der Waals surface area contributed by atoms with Crippen LogP contribution in [0.1, 0.15) is 36.3 Å². The minimum atomic E-state index is -0.104. The number of thiazole rings is 2. The van der Waals surface area contributed by atoms with E-state index in [0.717, 1.165) is 22.2 Å². The summed E-state index contributed by atoms with van der Waals surface area (Å²) in [7, 11) is 0. The van der Waals surface area contributed by atoms with Crippen molar-refractivity contribution in [2.24, 2.45) is 0 Å². The van der Waals surface area contributed by atoms with E-state index in [1.807, 2.05) is 23.5 Å². The van der Waals surface area contributed by atoms with Crippen molar-refractivity contribution in [3.63, 3.8) is 0 Å². The number of hydrogen-bond acceptors (Lipinski definition) is 6. The largest absolute Gasteiger partial charge is 0.369 e. The zero-order valence-electron chi connectivity index (χ0n) is 11.4. The summed E-state index contributed by atoms with van der Waals surface area (Å²) in [6.07, 6.45) is 1.93. The van der Waals surface area contributed by atoms with E-state index < -0.39 is 0 Å². The van der Waals surface area contributed by atoms with Crippen LogP contribution >= 0.6 is 34.4 Å². The van der Waals surface area contributed by atoms with Gasteiger partial charge in [-0.2, -0.15) is 0 Å². The lowest BCUT2D eigenvalue weighted by Crippen LogP contribution is -2.18. The zero-order chi connectivity index (χ0) is 13.7. The lowest BCUT2D eigenvalue weighted by atomic mass is 10.2. The molecule has 3 nitrogen and oxygen atoms in total. The predicted molar refractivity (Wildman–Crippen MR) is 83.8 cm³/mol. The van der Waals surface area contributed by atoms with Gasteiger partial charge in [0.1, 0.15) is 5.01 Å². The molecule has 0 saturated carbocycles. The van der Waals surface area contributed by atoms with Crippen molar-refractivity contribution in [1.82, 2.24) is 9.97 Å². The summed E-state index contributed by atoms with van der Waals surface area (Å²) in [6, 6.07) is 0. The van der Waals surface area contributed by atoms with Crippen LogP contribution in [0.3, 0.4) is 0 Å².